The maximum Gasteiger partial charge on any atom is 0.455 e. The van der Waals surface area contributed by atoms with E-state index < -0.39 is 19.0 Å². The van der Waals surface area contributed by atoms with Crippen LogP contribution in [0.25, 0.3) is 11.6 Å². The molecule has 4 atom stereocenters. The van der Waals surface area contributed by atoms with Gasteiger partial charge in [-0.05, 0) is 72.3 Å². The summed E-state index contributed by atoms with van der Waals surface area (Å²) in [4.78, 5) is 27.6. The average molecular weight is 550 g/mol. The van der Waals surface area contributed by atoms with Crippen LogP contribution >= 0.6 is 0 Å². The number of benzene rings is 2. The number of furan rings is 1. The highest BCUT2D eigenvalue weighted by Gasteiger charge is 2.53. The van der Waals surface area contributed by atoms with E-state index in [0.717, 1.165) is 16.7 Å². The molecule has 0 amide bonds. The molecule has 0 spiro atoms. The lowest BCUT2D eigenvalue weighted by atomic mass is 9.53. The van der Waals surface area contributed by atoms with Crippen LogP contribution in [0.4, 0.5) is 0 Å². The number of carbonyl (C=O) groups excluding carboxylic acids is 2. The number of fused-ring (bicyclic) bond motifs is 4. The number of carbonyl (C=O) groups is 2. The lowest BCUT2D eigenvalue weighted by Gasteiger charge is -2.48. The van der Waals surface area contributed by atoms with E-state index in [1.165, 1.54) is 5.57 Å². The van der Waals surface area contributed by atoms with E-state index in [2.05, 4.69) is 26.0 Å². The zero-order valence-electron chi connectivity index (χ0n) is 23.5. The molecule has 2 aliphatic carbocycles. The molecule has 1 aliphatic heterocycles. The van der Waals surface area contributed by atoms with Crippen LogP contribution in [0.15, 0.2) is 82.3 Å². The van der Waals surface area contributed by atoms with Gasteiger partial charge in [0.1, 0.15) is 18.1 Å². The van der Waals surface area contributed by atoms with Gasteiger partial charge < -0.3 is 19.2 Å². The molecule has 210 valence electrons. The summed E-state index contributed by atoms with van der Waals surface area (Å²) in [5, 5.41) is 20.4. The molecule has 2 aromatic carbocycles. The lowest BCUT2D eigenvalue weighted by molar-refractivity contribution is 0.0594. The molecule has 3 aliphatic rings. The molecule has 1 saturated heterocycles. The van der Waals surface area contributed by atoms with E-state index >= 15 is 0 Å². The summed E-state index contributed by atoms with van der Waals surface area (Å²) in [5.41, 5.74) is 5.39. The fourth-order valence-corrected chi connectivity index (χ4v) is 7.12. The number of aliphatic hydroxyl groups is 1. The Morgan fingerprint density at radius 3 is 2.37 bits per heavy atom. The molecule has 6 rings (SSSR count). The van der Waals surface area contributed by atoms with Gasteiger partial charge in [0.05, 0.1) is 6.10 Å². The highest BCUT2D eigenvalue weighted by atomic mass is 16.5. The van der Waals surface area contributed by atoms with Crippen molar-refractivity contribution < 1.29 is 28.8 Å². The molecular formula is C34H35BO6. The van der Waals surface area contributed by atoms with Gasteiger partial charge in [-0.3, -0.25) is 9.59 Å². The van der Waals surface area contributed by atoms with Crippen LogP contribution in [0.5, 0.6) is 0 Å². The standard InChI is InChI=1S/C34H35BO6/c1-20(2)27-17-28-32(34(38)26-11-7-6-10-25(26)33(28)37)29-18-35(39)41-30(31(27)29)15-12-22(21-8-4-3-5-9-21)16-23-13-14-24(19-36)40-23/h3-11,13-14,16,20,28-30,32,36,39H,12,15,17-19H2,1-2H3/b22-16-/t28-,29+,30-,32-/m1/s1. The van der Waals surface area contributed by atoms with Crippen molar-refractivity contribution in [1.82, 2.24) is 0 Å². The first-order chi connectivity index (χ1) is 19.9. The second-order valence-electron chi connectivity index (χ2n) is 11.7. The highest BCUT2D eigenvalue weighted by molar-refractivity contribution is 6.43. The Kier molecular flexibility index (Phi) is 7.69. The van der Waals surface area contributed by atoms with E-state index in [9.17, 15) is 19.7 Å². The minimum Gasteiger partial charge on any atom is -0.459 e. The van der Waals surface area contributed by atoms with Gasteiger partial charge in [-0.25, -0.2) is 0 Å². The van der Waals surface area contributed by atoms with E-state index in [1.807, 2.05) is 42.5 Å². The average Bonchev–Trinajstić information content (AvgIpc) is 3.45. The number of hydrogen-bond donors (Lipinski definition) is 2. The van der Waals surface area contributed by atoms with Crippen molar-refractivity contribution in [2.75, 3.05) is 0 Å². The van der Waals surface area contributed by atoms with E-state index in [0.29, 0.717) is 48.2 Å². The molecule has 2 heterocycles. The number of rotatable bonds is 7. The number of allylic oxidation sites excluding steroid dienone is 2. The molecule has 0 radical (unpaired) electrons. The zero-order chi connectivity index (χ0) is 28.7. The summed E-state index contributed by atoms with van der Waals surface area (Å²) in [7, 11) is -1.01. The summed E-state index contributed by atoms with van der Waals surface area (Å²) in [6.45, 7) is 4.11. The molecule has 1 fully saturated rings. The summed E-state index contributed by atoms with van der Waals surface area (Å²) >= 11 is 0. The van der Waals surface area contributed by atoms with Gasteiger partial charge in [0, 0.05) is 23.0 Å². The Balaban J connectivity index is 1.36. The molecule has 1 aromatic heterocycles. The molecule has 41 heavy (non-hydrogen) atoms. The van der Waals surface area contributed by atoms with Crippen molar-refractivity contribution in [3.63, 3.8) is 0 Å². The zero-order valence-corrected chi connectivity index (χ0v) is 23.5. The molecule has 0 bridgehead atoms. The first kappa shape index (κ1) is 27.6. The van der Waals surface area contributed by atoms with Gasteiger partial charge in [-0.1, -0.05) is 74.0 Å². The SMILES string of the molecule is CC(C)C1=C2[C@@H](CC/C(=C/c3ccc(CO)o3)c3ccccc3)OB(O)C[C@@H]2[C@@H]2C(=O)c3ccccc3C(=O)[C@@H]2C1. The first-order valence-electron chi connectivity index (χ1n) is 14.5. The van der Waals surface area contributed by atoms with Crippen molar-refractivity contribution in [3.8, 4) is 0 Å². The topological polar surface area (TPSA) is 97.0 Å². The third kappa shape index (κ3) is 5.18. The van der Waals surface area contributed by atoms with Gasteiger partial charge in [-0.15, -0.1) is 0 Å². The Bertz CT molecular complexity index is 1520. The smallest absolute Gasteiger partial charge is 0.455 e. The summed E-state index contributed by atoms with van der Waals surface area (Å²) < 4.78 is 12.0. The van der Waals surface area contributed by atoms with Crippen molar-refractivity contribution in [1.29, 1.82) is 0 Å². The predicted octanol–water partition coefficient (Wildman–Crippen LogP) is 6.26. The fourth-order valence-electron chi connectivity index (χ4n) is 7.12. The van der Waals surface area contributed by atoms with Gasteiger partial charge in [0.25, 0.3) is 0 Å². The summed E-state index contributed by atoms with van der Waals surface area (Å²) in [5.74, 6) is 0.240. The van der Waals surface area contributed by atoms with Crippen molar-refractivity contribution in [2.24, 2.45) is 23.7 Å². The maximum absolute atomic E-state index is 13.9. The molecule has 6 nitrogen and oxygen atoms in total. The van der Waals surface area contributed by atoms with Gasteiger partial charge in [0.2, 0.25) is 0 Å². The van der Waals surface area contributed by atoms with Crippen LogP contribution in [0.2, 0.25) is 6.32 Å². The van der Waals surface area contributed by atoms with Crippen LogP contribution in [0.1, 0.15) is 70.9 Å². The minimum atomic E-state index is -1.01. The molecular weight excluding hydrogens is 515 g/mol. The summed E-state index contributed by atoms with van der Waals surface area (Å²) in [6.07, 6.45) is 3.70. The quantitative estimate of drug-likeness (QED) is 0.267. The van der Waals surface area contributed by atoms with Crippen LogP contribution in [0.3, 0.4) is 0 Å². The minimum absolute atomic E-state index is 0.00531. The molecule has 3 aromatic rings. The van der Waals surface area contributed by atoms with E-state index in [1.54, 1.807) is 18.2 Å². The summed E-state index contributed by atoms with van der Waals surface area (Å²) in [6, 6.07) is 20.8. The van der Waals surface area contributed by atoms with Crippen molar-refractivity contribution in [3.05, 3.63) is 106 Å². The molecule has 7 heteroatoms. The number of Topliss-reactive ketones (excluding diaryl/α,β-unsaturated/α-hetero) is 2. The second kappa shape index (κ2) is 11.4. The van der Waals surface area contributed by atoms with Crippen LogP contribution in [-0.4, -0.2) is 34.9 Å². The Morgan fingerprint density at radius 1 is 0.976 bits per heavy atom. The molecule has 0 unspecified atom stereocenters. The number of aliphatic hydroxyl groups excluding tert-OH is 1. The maximum atomic E-state index is 13.9. The fraction of sp³-hybridized carbons (Fsp3) is 0.353. The van der Waals surface area contributed by atoms with E-state index in [-0.39, 0.29) is 36.1 Å². The van der Waals surface area contributed by atoms with Crippen molar-refractivity contribution >= 4 is 30.3 Å². The normalized spacial score (nSPS) is 24.4. The monoisotopic (exact) mass is 550 g/mol. The van der Waals surface area contributed by atoms with Gasteiger partial charge in [-0.2, -0.15) is 0 Å². The third-order valence-electron chi connectivity index (χ3n) is 8.97. The van der Waals surface area contributed by atoms with Crippen molar-refractivity contribution in [2.45, 2.75) is 52.1 Å². The third-order valence-corrected chi connectivity index (χ3v) is 8.97. The number of ketones is 2. The molecule has 2 N–H and O–H groups in total. The second-order valence-corrected chi connectivity index (χ2v) is 11.7. The Morgan fingerprint density at radius 2 is 1.68 bits per heavy atom. The Labute approximate surface area is 240 Å². The van der Waals surface area contributed by atoms with Crippen LogP contribution in [-0.2, 0) is 11.3 Å². The van der Waals surface area contributed by atoms with Gasteiger partial charge in [0.15, 0.2) is 11.6 Å². The molecule has 0 saturated carbocycles. The van der Waals surface area contributed by atoms with Gasteiger partial charge >= 0.3 is 7.12 Å². The lowest BCUT2D eigenvalue weighted by Crippen LogP contribution is -2.51. The van der Waals surface area contributed by atoms with Crippen LogP contribution < -0.4 is 0 Å². The first-order valence-corrected chi connectivity index (χ1v) is 14.5. The predicted molar refractivity (Wildman–Crippen MR) is 158 cm³/mol. The largest absolute Gasteiger partial charge is 0.459 e. The van der Waals surface area contributed by atoms with E-state index in [4.69, 9.17) is 9.07 Å². The number of hydrogen-bond acceptors (Lipinski definition) is 6. The van der Waals surface area contributed by atoms with Crippen LogP contribution in [0, 0.1) is 23.7 Å². The highest BCUT2D eigenvalue weighted by Crippen LogP contribution is 2.52. The Hall–Kier alpha value is -3.52.